The Kier molecular flexibility index (Phi) is 4.81. The summed E-state index contributed by atoms with van der Waals surface area (Å²) < 4.78 is 0. The van der Waals surface area contributed by atoms with Crippen LogP contribution in [-0.4, -0.2) is 50.7 Å². The number of hydrogen-bond acceptors (Lipinski definition) is 3. The maximum absolute atomic E-state index is 11.1. The fourth-order valence-corrected chi connectivity index (χ4v) is 0.579. The van der Waals surface area contributed by atoms with E-state index in [1.807, 2.05) is 19.0 Å². The largest absolute Gasteiger partial charge is 0.309 e. The predicted octanol–water partition coefficient (Wildman–Crippen LogP) is -0.0421. The molecule has 4 nitrogen and oxygen atoms in total. The second-order valence-electron chi connectivity index (χ2n) is 2.63. The van der Waals surface area contributed by atoms with Crippen molar-refractivity contribution >= 4 is 5.91 Å². The molecule has 0 aromatic carbocycles. The molecule has 0 aromatic heterocycles. The van der Waals surface area contributed by atoms with Crippen LogP contribution in [0.5, 0.6) is 0 Å². The predicted molar refractivity (Wildman–Crippen MR) is 43.0 cm³/mol. The van der Waals surface area contributed by atoms with Gasteiger partial charge in [-0.2, -0.15) is 0 Å². The van der Waals surface area contributed by atoms with Gasteiger partial charge in [-0.15, -0.1) is 0 Å². The quantitative estimate of drug-likeness (QED) is 0.541. The Labute approximate surface area is 67.7 Å². The van der Waals surface area contributed by atoms with Crippen LogP contribution in [-0.2, 0) is 9.63 Å². The molecular formula is C7H16N2O2. The third-order valence-electron chi connectivity index (χ3n) is 1.40. The van der Waals surface area contributed by atoms with E-state index < -0.39 is 0 Å². The summed E-state index contributed by atoms with van der Waals surface area (Å²) in [5.41, 5.74) is 0. The molecular weight excluding hydrogens is 144 g/mol. The molecule has 0 unspecified atom stereocenters. The number of rotatable bonds is 4. The van der Waals surface area contributed by atoms with Crippen LogP contribution in [0.1, 0.15) is 6.42 Å². The highest BCUT2D eigenvalue weighted by molar-refractivity contribution is 5.74. The van der Waals surface area contributed by atoms with Gasteiger partial charge in [-0.25, -0.2) is 5.06 Å². The van der Waals surface area contributed by atoms with Crippen LogP contribution in [0.4, 0.5) is 0 Å². The first-order chi connectivity index (χ1) is 5.07. The molecule has 0 saturated carbocycles. The lowest BCUT2D eigenvalue weighted by Gasteiger charge is -2.15. The molecule has 0 aliphatic carbocycles. The fourth-order valence-electron chi connectivity index (χ4n) is 0.579. The molecule has 0 atom stereocenters. The molecule has 1 amide bonds. The molecule has 0 heterocycles. The Bertz CT molecular complexity index is 126. The van der Waals surface area contributed by atoms with Crippen molar-refractivity contribution < 1.29 is 9.63 Å². The van der Waals surface area contributed by atoms with Crippen molar-refractivity contribution in [2.75, 3.05) is 34.8 Å². The highest BCUT2D eigenvalue weighted by atomic mass is 16.7. The highest BCUT2D eigenvalue weighted by Gasteiger charge is 2.06. The molecule has 0 aromatic rings. The SMILES string of the molecule is CON(C)C(=O)CCN(C)C. The Balaban J connectivity index is 3.52. The summed E-state index contributed by atoms with van der Waals surface area (Å²) in [6.45, 7) is 0.756. The van der Waals surface area contributed by atoms with Crippen LogP contribution in [0.2, 0.25) is 0 Å². The first-order valence-electron chi connectivity index (χ1n) is 3.53. The molecule has 0 radical (unpaired) electrons. The van der Waals surface area contributed by atoms with Crippen LogP contribution in [0, 0.1) is 0 Å². The van der Waals surface area contributed by atoms with Crippen molar-refractivity contribution in [1.29, 1.82) is 0 Å². The van der Waals surface area contributed by atoms with E-state index in [9.17, 15) is 4.79 Å². The molecule has 0 aliphatic heterocycles. The molecule has 0 rings (SSSR count). The van der Waals surface area contributed by atoms with Gasteiger partial charge in [0.2, 0.25) is 5.91 Å². The zero-order valence-electron chi connectivity index (χ0n) is 7.63. The smallest absolute Gasteiger partial charge is 0.247 e. The summed E-state index contributed by atoms with van der Waals surface area (Å²) in [5, 5.41) is 1.24. The number of carbonyl (C=O) groups excluding carboxylic acids is 1. The summed E-state index contributed by atoms with van der Waals surface area (Å²) in [6.07, 6.45) is 0.497. The van der Waals surface area contributed by atoms with Gasteiger partial charge in [0.15, 0.2) is 0 Å². The van der Waals surface area contributed by atoms with Crippen molar-refractivity contribution in [2.24, 2.45) is 0 Å². The van der Waals surface area contributed by atoms with Gasteiger partial charge in [0.25, 0.3) is 0 Å². The summed E-state index contributed by atoms with van der Waals surface area (Å²) in [4.78, 5) is 17.7. The second-order valence-corrected chi connectivity index (χ2v) is 2.63. The van der Waals surface area contributed by atoms with Crippen LogP contribution in [0.15, 0.2) is 0 Å². The van der Waals surface area contributed by atoms with Crippen LogP contribution < -0.4 is 0 Å². The monoisotopic (exact) mass is 160 g/mol. The number of carbonyl (C=O) groups is 1. The summed E-state index contributed by atoms with van der Waals surface area (Å²) in [5.74, 6) is 0.00111. The van der Waals surface area contributed by atoms with Gasteiger partial charge in [-0.1, -0.05) is 0 Å². The third kappa shape index (κ3) is 4.75. The maximum atomic E-state index is 11.1. The number of hydrogen-bond donors (Lipinski definition) is 0. The average molecular weight is 160 g/mol. The van der Waals surface area contributed by atoms with E-state index in [1.54, 1.807) is 7.05 Å². The number of nitrogens with zero attached hydrogens (tertiary/aromatic N) is 2. The lowest BCUT2D eigenvalue weighted by atomic mass is 10.4. The summed E-state index contributed by atoms with van der Waals surface area (Å²) >= 11 is 0. The van der Waals surface area contributed by atoms with E-state index in [0.29, 0.717) is 6.42 Å². The van der Waals surface area contributed by atoms with Crippen molar-refractivity contribution in [3.8, 4) is 0 Å². The minimum Gasteiger partial charge on any atom is -0.309 e. The third-order valence-corrected chi connectivity index (χ3v) is 1.40. The average Bonchev–Trinajstić information content (AvgIpc) is 1.98. The van der Waals surface area contributed by atoms with Gasteiger partial charge in [-0.3, -0.25) is 9.63 Å². The van der Waals surface area contributed by atoms with Gasteiger partial charge < -0.3 is 4.90 Å². The van der Waals surface area contributed by atoms with Gasteiger partial charge in [0.1, 0.15) is 0 Å². The molecule has 66 valence electrons. The molecule has 0 spiro atoms. The molecule has 0 bridgehead atoms. The first kappa shape index (κ1) is 10.4. The van der Waals surface area contributed by atoms with E-state index in [2.05, 4.69) is 0 Å². The van der Waals surface area contributed by atoms with Crippen LogP contribution in [0.3, 0.4) is 0 Å². The summed E-state index contributed by atoms with van der Waals surface area (Å²) in [6, 6.07) is 0. The highest BCUT2D eigenvalue weighted by Crippen LogP contribution is 1.91. The van der Waals surface area contributed by atoms with Crippen LogP contribution in [0.25, 0.3) is 0 Å². The van der Waals surface area contributed by atoms with Crippen LogP contribution >= 0.6 is 0 Å². The minimum atomic E-state index is 0.00111. The molecule has 0 N–H and O–H groups in total. The standard InChI is InChI=1S/C7H16N2O2/c1-8(2)6-5-7(10)9(3)11-4/h5-6H2,1-4H3. The lowest BCUT2D eigenvalue weighted by molar-refractivity contribution is -0.168. The Hall–Kier alpha value is -0.610. The Morgan fingerprint density at radius 1 is 1.36 bits per heavy atom. The normalized spacial score (nSPS) is 10.3. The van der Waals surface area contributed by atoms with Crippen molar-refractivity contribution in [1.82, 2.24) is 9.96 Å². The minimum absolute atomic E-state index is 0.00111. The maximum Gasteiger partial charge on any atom is 0.247 e. The van der Waals surface area contributed by atoms with Gasteiger partial charge in [-0.05, 0) is 14.1 Å². The molecule has 0 saturated heterocycles. The van der Waals surface area contributed by atoms with E-state index in [4.69, 9.17) is 4.84 Å². The van der Waals surface area contributed by atoms with E-state index >= 15 is 0 Å². The number of hydroxylamine groups is 2. The van der Waals surface area contributed by atoms with E-state index in [1.165, 1.54) is 12.2 Å². The Morgan fingerprint density at radius 3 is 2.27 bits per heavy atom. The fraction of sp³-hybridized carbons (Fsp3) is 0.857. The second kappa shape index (κ2) is 5.09. The molecule has 11 heavy (non-hydrogen) atoms. The van der Waals surface area contributed by atoms with Crippen molar-refractivity contribution in [2.45, 2.75) is 6.42 Å². The van der Waals surface area contributed by atoms with E-state index in [-0.39, 0.29) is 5.91 Å². The van der Waals surface area contributed by atoms with Crippen molar-refractivity contribution in [3.63, 3.8) is 0 Å². The van der Waals surface area contributed by atoms with E-state index in [0.717, 1.165) is 6.54 Å². The molecule has 0 aliphatic rings. The zero-order valence-corrected chi connectivity index (χ0v) is 7.63. The lowest BCUT2D eigenvalue weighted by Crippen LogP contribution is -2.28. The molecule has 4 heteroatoms. The topological polar surface area (TPSA) is 32.8 Å². The summed E-state index contributed by atoms with van der Waals surface area (Å²) in [7, 11) is 6.95. The van der Waals surface area contributed by atoms with Gasteiger partial charge in [0, 0.05) is 20.0 Å². The van der Waals surface area contributed by atoms with Gasteiger partial charge in [0.05, 0.1) is 7.11 Å². The van der Waals surface area contributed by atoms with Crippen molar-refractivity contribution in [3.05, 3.63) is 0 Å². The zero-order chi connectivity index (χ0) is 8.85. The Morgan fingerprint density at radius 2 is 1.91 bits per heavy atom. The number of amides is 1. The van der Waals surface area contributed by atoms with Gasteiger partial charge >= 0.3 is 0 Å². The molecule has 0 fully saturated rings. The first-order valence-corrected chi connectivity index (χ1v) is 3.53.